The van der Waals surface area contributed by atoms with Gasteiger partial charge in [-0.25, -0.2) is 0 Å². The molecule has 0 radical (unpaired) electrons. The molecule has 0 fully saturated rings. The molecule has 0 amide bonds. The number of hydrogen-bond donors (Lipinski definition) is 0. The van der Waals surface area contributed by atoms with Crippen molar-refractivity contribution < 1.29 is 9.47 Å². The summed E-state index contributed by atoms with van der Waals surface area (Å²) in [5.74, 6) is 1.92. The summed E-state index contributed by atoms with van der Waals surface area (Å²) >= 11 is 0. The van der Waals surface area contributed by atoms with Crippen molar-refractivity contribution in [3.05, 3.63) is 72.8 Å². The molecule has 0 N–H and O–H groups in total. The van der Waals surface area contributed by atoms with Gasteiger partial charge in [0, 0.05) is 0 Å². The standard InChI is InChI=1S/C34H46O2/c1-3-5-7-9-11-13-27-35-33-23-19-31(20-24-33)29-15-17-30(18-16-29)32-21-25-34(26-22-32)36-28-14-12-10-8-6-4-2/h15-26H,3-14,27-28H2,1-2H3. The third-order valence-electron chi connectivity index (χ3n) is 6.79. The Morgan fingerprint density at radius 3 is 0.972 bits per heavy atom. The molecule has 2 nitrogen and oxygen atoms in total. The van der Waals surface area contributed by atoms with Crippen LogP contribution in [-0.2, 0) is 0 Å². The summed E-state index contributed by atoms with van der Waals surface area (Å²) in [4.78, 5) is 0. The fourth-order valence-corrected chi connectivity index (χ4v) is 4.49. The molecule has 194 valence electrons. The van der Waals surface area contributed by atoms with Gasteiger partial charge in [-0.05, 0) is 59.4 Å². The first-order valence-corrected chi connectivity index (χ1v) is 14.4. The van der Waals surface area contributed by atoms with Crippen LogP contribution in [0.1, 0.15) is 90.9 Å². The molecule has 0 aromatic heterocycles. The van der Waals surface area contributed by atoms with Crippen molar-refractivity contribution in [1.29, 1.82) is 0 Å². The van der Waals surface area contributed by atoms with Crippen LogP contribution in [0.25, 0.3) is 22.3 Å². The van der Waals surface area contributed by atoms with E-state index in [9.17, 15) is 0 Å². The number of unbranched alkanes of at least 4 members (excludes halogenated alkanes) is 10. The summed E-state index contributed by atoms with van der Waals surface area (Å²) in [5, 5.41) is 0. The summed E-state index contributed by atoms with van der Waals surface area (Å²) in [6, 6.07) is 25.8. The average molecular weight is 487 g/mol. The van der Waals surface area contributed by atoms with Crippen LogP contribution in [0, 0.1) is 0 Å². The molecule has 0 unspecified atom stereocenters. The highest BCUT2D eigenvalue weighted by Gasteiger charge is 2.03. The first-order valence-electron chi connectivity index (χ1n) is 14.4. The van der Waals surface area contributed by atoms with Crippen molar-refractivity contribution in [3.63, 3.8) is 0 Å². The fraction of sp³-hybridized carbons (Fsp3) is 0.471. The predicted molar refractivity (Wildman–Crippen MR) is 155 cm³/mol. The summed E-state index contributed by atoms with van der Waals surface area (Å²) in [7, 11) is 0. The zero-order valence-electron chi connectivity index (χ0n) is 22.6. The minimum absolute atomic E-state index is 0.809. The SMILES string of the molecule is CCCCCCCCOc1ccc(-c2ccc(-c3ccc(OCCCCCCCC)cc3)cc2)cc1. The summed E-state index contributed by atoms with van der Waals surface area (Å²) in [6.45, 7) is 6.13. The molecule has 0 atom stereocenters. The summed E-state index contributed by atoms with van der Waals surface area (Å²) < 4.78 is 11.9. The minimum Gasteiger partial charge on any atom is -0.494 e. The molecular weight excluding hydrogens is 440 g/mol. The maximum atomic E-state index is 5.93. The number of ether oxygens (including phenoxy) is 2. The van der Waals surface area contributed by atoms with Crippen molar-refractivity contribution in [3.8, 4) is 33.8 Å². The fourth-order valence-electron chi connectivity index (χ4n) is 4.49. The highest BCUT2D eigenvalue weighted by Crippen LogP contribution is 2.27. The van der Waals surface area contributed by atoms with Gasteiger partial charge in [0.2, 0.25) is 0 Å². The van der Waals surface area contributed by atoms with E-state index in [1.54, 1.807) is 0 Å². The largest absolute Gasteiger partial charge is 0.494 e. The quantitative estimate of drug-likeness (QED) is 0.166. The molecule has 36 heavy (non-hydrogen) atoms. The van der Waals surface area contributed by atoms with E-state index < -0.39 is 0 Å². The van der Waals surface area contributed by atoms with Gasteiger partial charge in [-0.15, -0.1) is 0 Å². The second-order valence-electron chi connectivity index (χ2n) is 9.86. The van der Waals surface area contributed by atoms with E-state index in [2.05, 4.69) is 86.6 Å². The van der Waals surface area contributed by atoms with Gasteiger partial charge < -0.3 is 9.47 Å². The van der Waals surface area contributed by atoms with Crippen molar-refractivity contribution in [2.24, 2.45) is 0 Å². The van der Waals surface area contributed by atoms with Gasteiger partial charge in [0.1, 0.15) is 11.5 Å². The van der Waals surface area contributed by atoms with Gasteiger partial charge >= 0.3 is 0 Å². The Morgan fingerprint density at radius 2 is 0.639 bits per heavy atom. The van der Waals surface area contributed by atoms with Crippen molar-refractivity contribution in [1.82, 2.24) is 0 Å². The van der Waals surface area contributed by atoms with Crippen LogP contribution in [0.2, 0.25) is 0 Å². The Kier molecular flexibility index (Phi) is 13.0. The number of benzene rings is 3. The van der Waals surface area contributed by atoms with Crippen LogP contribution in [0.15, 0.2) is 72.8 Å². The van der Waals surface area contributed by atoms with E-state index in [1.807, 2.05) is 0 Å². The molecule has 0 spiro atoms. The van der Waals surface area contributed by atoms with Crippen molar-refractivity contribution in [2.45, 2.75) is 90.9 Å². The maximum Gasteiger partial charge on any atom is 0.119 e. The first-order chi connectivity index (χ1) is 17.8. The highest BCUT2D eigenvalue weighted by atomic mass is 16.5. The maximum absolute atomic E-state index is 5.93. The lowest BCUT2D eigenvalue weighted by atomic mass is 10.0. The molecule has 0 heterocycles. The molecule has 3 aromatic carbocycles. The molecule has 0 aliphatic carbocycles. The molecule has 0 aliphatic heterocycles. The Morgan fingerprint density at radius 1 is 0.361 bits per heavy atom. The van der Waals surface area contributed by atoms with Crippen molar-refractivity contribution >= 4 is 0 Å². The summed E-state index contributed by atoms with van der Waals surface area (Å²) in [5.41, 5.74) is 4.87. The molecule has 0 saturated carbocycles. The zero-order chi connectivity index (χ0) is 25.3. The molecule has 0 bridgehead atoms. The van der Waals surface area contributed by atoms with Crippen LogP contribution < -0.4 is 9.47 Å². The normalized spacial score (nSPS) is 10.9. The van der Waals surface area contributed by atoms with E-state index in [-0.39, 0.29) is 0 Å². The van der Waals surface area contributed by atoms with E-state index in [0.717, 1.165) is 37.6 Å². The Labute approximate surface area is 220 Å². The van der Waals surface area contributed by atoms with Crippen LogP contribution >= 0.6 is 0 Å². The van der Waals surface area contributed by atoms with Crippen LogP contribution in [0.3, 0.4) is 0 Å². The minimum atomic E-state index is 0.809. The topological polar surface area (TPSA) is 18.5 Å². The van der Waals surface area contributed by atoms with Gasteiger partial charge in [0.25, 0.3) is 0 Å². The van der Waals surface area contributed by atoms with E-state index >= 15 is 0 Å². The second kappa shape index (κ2) is 16.8. The Bertz CT molecular complexity index is 861. The highest BCUT2D eigenvalue weighted by molar-refractivity contribution is 5.71. The molecule has 3 aromatic rings. The number of hydrogen-bond acceptors (Lipinski definition) is 2. The molecule has 0 aliphatic rings. The summed E-state index contributed by atoms with van der Waals surface area (Å²) in [6.07, 6.45) is 15.4. The van der Waals surface area contributed by atoms with Gasteiger partial charge in [0.15, 0.2) is 0 Å². The lowest BCUT2D eigenvalue weighted by Crippen LogP contribution is -1.97. The van der Waals surface area contributed by atoms with Crippen LogP contribution in [0.5, 0.6) is 11.5 Å². The van der Waals surface area contributed by atoms with Gasteiger partial charge in [-0.3, -0.25) is 0 Å². The third-order valence-corrected chi connectivity index (χ3v) is 6.79. The van der Waals surface area contributed by atoms with E-state index in [1.165, 1.54) is 86.5 Å². The number of rotatable bonds is 18. The molecule has 0 saturated heterocycles. The monoisotopic (exact) mass is 486 g/mol. The predicted octanol–water partition coefficient (Wildman–Crippen LogP) is 10.5. The van der Waals surface area contributed by atoms with Crippen LogP contribution in [-0.4, -0.2) is 13.2 Å². The smallest absolute Gasteiger partial charge is 0.119 e. The Balaban J connectivity index is 1.41. The van der Waals surface area contributed by atoms with E-state index in [0.29, 0.717) is 0 Å². The molecular formula is C34H46O2. The lowest BCUT2D eigenvalue weighted by molar-refractivity contribution is 0.304. The molecule has 2 heteroatoms. The first kappa shape index (κ1) is 27.8. The third kappa shape index (κ3) is 10.1. The van der Waals surface area contributed by atoms with E-state index in [4.69, 9.17) is 9.47 Å². The zero-order valence-corrected chi connectivity index (χ0v) is 22.6. The second-order valence-corrected chi connectivity index (χ2v) is 9.86. The Hall–Kier alpha value is -2.74. The van der Waals surface area contributed by atoms with Crippen molar-refractivity contribution in [2.75, 3.05) is 13.2 Å². The average Bonchev–Trinajstić information content (AvgIpc) is 2.93. The van der Waals surface area contributed by atoms with Gasteiger partial charge in [-0.1, -0.05) is 127 Å². The van der Waals surface area contributed by atoms with Crippen LogP contribution in [0.4, 0.5) is 0 Å². The van der Waals surface area contributed by atoms with Gasteiger partial charge in [0.05, 0.1) is 13.2 Å². The van der Waals surface area contributed by atoms with Gasteiger partial charge in [-0.2, -0.15) is 0 Å². The lowest BCUT2D eigenvalue weighted by Gasteiger charge is -2.09. The molecule has 3 rings (SSSR count).